The Hall–Kier alpha value is 0.550. The summed E-state index contributed by atoms with van der Waals surface area (Å²) in [6.45, 7) is 0. The fourth-order valence-electron chi connectivity index (χ4n) is 0.199. The summed E-state index contributed by atoms with van der Waals surface area (Å²) in [6.07, 6.45) is -5.21. The van der Waals surface area contributed by atoms with Crippen molar-refractivity contribution < 1.29 is 22.3 Å². The van der Waals surface area contributed by atoms with Crippen molar-refractivity contribution in [3.8, 4) is 0 Å². The molecule has 0 aliphatic rings. The van der Waals surface area contributed by atoms with Crippen molar-refractivity contribution in [2.45, 2.75) is 16.5 Å². The number of rotatable bonds is 2. The van der Waals surface area contributed by atoms with Gasteiger partial charge < -0.3 is 0 Å². The third-order valence-electron chi connectivity index (χ3n) is 0.506. The minimum atomic E-state index is -5.21. The summed E-state index contributed by atoms with van der Waals surface area (Å²) < 4.78 is 48.7. The molecular formula is C3HCl3F4O. The van der Waals surface area contributed by atoms with Crippen LogP contribution in [0.4, 0.5) is 17.6 Å². The molecule has 0 saturated heterocycles. The number of hydrogen-bond donors (Lipinski definition) is 0. The highest BCUT2D eigenvalue weighted by molar-refractivity contribution is 6.48. The van der Waals surface area contributed by atoms with E-state index in [9.17, 15) is 17.6 Å². The van der Waals surface area contributed by atoms with Crippen molar-refractivity contribution in [3.63, 3.8) is 0 Å². The summed E-state index contributed by atoms with van der Waals surface area (Å²) in [4.78, 5) is -2.12. The average Bonchev–Trinajstić information content (AvgIpc) is 1.56. The van der Waals surface area contributed by atoms with E-state index in [0.717, 1.165) is 0 Å². The Morgan fingerprint density at radius 3 is 1.55 bits per heavy atom. The zero-order valence-corrected chi connectivity index (χ0v) is 6.90. The Balaban J connectivity index is 4.13. The van der Waals surface area contributed by atoms with Gasteiger partial charge in [-0.05, 0) is 11.6 Å². The summed E-state index contributed by atoms with van der Waals surface area (Å²) in [5, 5.41) is -3.64. The lowest BCUT2D eigenvalue weighted by atomic mass is 10.8. The first kappa shape index (κ1) is 11.6. The fraction of sp³-hybridized carbons (Fsp3) is 1.00. The molecule has 0 N–H and O–H groups in total. The minimum Gasteiger partial charge on any atom is -0.237 e. The SMILES string of the molecule is FC(F)(F)OC(F)(Cl)C(Cl)Cl. The van der Waals surface area contributed by atoms with E-state index in [1.54, 1.807) is 0 Å². The van der Waals surface area contributed by atoms with Crippen LogP contribution in [-0.2, 0) is 4.74 Å². The van der Waals surface area contributed by atoms with E-state index in [2.05, 4.69) is 16.3 Å². The first-order valence-corrected chi connectivity index (χ1v) is 3.33. The van der Waals surface area contributed by atoms with E-state index in [0.29, 0.717) is 0 Å². The van der Waals surface area contributed by atoms with Crippen LogP contribution in [-0.4, -0.2) is 16.5 Å². The van der Waals surface area contributed by atoms with Crippen molar-refractivity contribution in [3.05, 3.63) is 0 Å². The zero-order chi connectivity index (χ0) is 9.28. The summed E-state index contributed by atoms with van der Waals surface area (Å²) in [6, 6.07) is 0. The molecule has 0 saturated carbocycles. The molecule has 0 aromatic heterocycles. The van der Waals surface area contributed by atoms with Crippen LogP contribution in [0, 0.1) is 0 Å². The monoisotopic (exact) mass is 234 g/mol. The highest BCUT2D eigenvalue weighted by atomic mass is 35.5. The highest BCUT2D eigenvalue weighted by Crippen LogP contribution is 2.36. The predicted molar refractivity (Wildman–Crippen MR) is 32.3 cm³/mol. The second kappa shape index (κ2) is 3.51. The molecule has 0 spiro atoms. The van der Waals surface area contributed by atoms with Gasteiger partial charge in [-0.2, -0.15) is 4.39 Å². The van der Waals surface area contributed by atoms with Crippen molar-refractivity contribution in [2.24, 2.45) is 0 Å². The van der Waals surface area contributed by atoms with Gasteiger partial charge in [0.2, 0.25) is 0 Å². The molecule has 11 heavy (non-hydrogen) atoms. The third-order valence-corrected chi connectivity index (χ3v) is 1.59. The minimum absolute atomic E-state index is 2.12. The molecule has 1 atom stereocenters. The molecule has 1 unspecified atom stereocenters. The molecule has 0 amide bonds. The molecule has 0 radical (unpaired) electrons. The van der Waals surface area contributed by atoms with Crippen molar-refractivity contribution >= 4 is 34.8 Å². The summed E-state index contributed by atoms with van der Waals surface area (Å²) >= 11 is 13.9. The van der Waals surface area contributed by atoms with Crippen molar-refractivity contribution in [1.82, 2.24) is 0 Å². The molecule has 0 heterocycles. The topological polar surface area (TPSA) is 9.23 Å². The Kier molecular flexibility index (Phi) is 3.69. The number of ether oxygens (including phenoxy) is 1. The maximum Gasteiger partial charge on any atom is 0.526 e. The molecule has 0 rings (SSSR count). The second-order valence-electron chi connectivity index (χ2n) is 1.41. The summed E-state index contributed by atoms with van der Waals surface area (Å²) in [7, 11) is 0. The average molecular weight is 235 g/mol. The standard InChI is InChI=1S/C3HCl3F4O/c4-1(5)2(6,7)11-3(8,9)10/h1H. The van der Waals surface area contributed by atoms with Crippen LogP contribution in [0.3, 0.4) is 0 Å². The van der Waals surface area contributed by atoms with Gasteiger partial charge in [0, 0.05) is 0 Å². The van der Waals surface area contributed by atoms with Gasteiger partial charge in [-0.1, -0.05) is 23.2 Å². The summed E-state index contributed by atoms with van der Waals surface area (Å²) in [5.74, 6) is 0. The molecule has 0 aromatic carbocycles. The van der Waals surface area contributed by atoms with Gasteiger partial charge >= 0.3 is 11.7 Å². The van der Waals surface area contributed by atoms with E-state index in [-0.39, 0.29) is 0 Å². The van der Waals surface area contributed by atoms with Crippen LogP contribution < -0.4 is 0 Å². The van der Waals surface area contributed by atoms with Crippen LogP contribution in [0.25, 0.3) is 0 Å². The van der Waals surface area contributed by atoms with Crippen molar-refractivity contribution in [2.75, 3.05) is 0 Å². The Morgan fingerprint density at radius 2 is 1.45 bits per heavy atom. The van der Waals surface area contributed by atoms with Crippen molar-refractivity contribution in [1.29, 1.82) is 0 Å². The first-order chi connectivity index (χ1) is 4.65. The number of halogens is 7. The van der Waals surface area contributed by atoms with Crippen LogP contribution in [0.15, 0.2) is 0 Å². The van der Waals surface area contributed by atoms with Crippen LogP contribution >= 0.6 is 34.8 Å². The van der Waals surface area contributed by atoms with E-state index < -0.39 is 16.5 Å². The van der Waals surface area contributed by atoms with Gasteiger partial charge in [0.05, 0.1) is 0 Å². The van der Waals surface area contributed by atoms with Crippen LogP contribution in [0.1, 0.15) is 0 Å². The lowest BCUT2D eigenvalue weighted by Gasteiger charge is -2.20. The van der Waals surface area contributed by atoms with Gasteiger partial charge in [0.25, 0.3) is 0 Å². The first-order valence-electron chi connectivity index (χ1n) is 2.08. The third kappa shape index (κ3) is 4.90. The van der Waals surface area contributed by atoms with Gasteiger partial charge in [-0.25, -0.2) is 4.74 Å². The van der Waals surface area contributed by atoms with E-state index in [1.165, 1.54) is 0 Å². The Labute approximate surface area is 74.2 Å². The molecular weight excluding hydrogens is 234 g/mol. The van der Waals surface area contributed by atoms with E-state index >= 15 is 0 Å². The number of hydrogen-bond acceptors (Lipinski definition) is 1. The summed E-state index contributed by atoms with van der Waals surface area (Å²) in [5.41, 5.74) is 0. The quantitative estimate of drug-likeness (QED) is 0.527. The van der Waals surface area contributed by atoms with E-state index in [1.807, 2.05) is 0 Å². The second-order valence-corrected chi connectivity index (χ2v) is 3.02. The molecule has 68 valence electrons. The normalized spacial score (nSPS) is 18.5. The largest absolute Gasteiger partial charge is 0.526 e. The van der Waals surface area contributed by atoms with Gasteiger partial charge in [-0.15, -0.1) is 13.2 Å². The van der Waals surface area contributed by atoms with Gasteiger partial charge in [0.1, 0.15) is 0 Å². The van der Waals surface area contributed by atoms with Crippen LogP contribution in [0.2, 0.25) is 0 Å². The van der Waals surface area contributed by atoms with Gasteiger partial charge in [-0.3, -0.25) is 0 Å². The van der Waals surface area contributed by atoms with Gasteiger partial charge in [0.15, 0.2) is 4.84 Å². The Bertz CT molecular complexity index is 133. The number of alkyl halides is 7. The molecule has 8 heteroatoms. The lowest BCUT2D eigenvalue weighted by molar-refractivity contribution is -0.369. The molecule has 0 aliphatic heterocycles. The maximum atomic E-state index is 12.3. The van der Waals surface area contributed by atoms with E-state index in [4.69, 9.17) is 23.2 Å². The zero-order valence-electron chi connectivity index (χ0n) is 4.63. The van der Waals surface area contributed by atoms with Crippen LogP contribution in [0.5, 0.6) is 0 Å². The molecule has 0 fully saturated rings. The maximum absolute atomic E-state index is 12.3. The highest BCUT2D eigenvalue weighted by Gasteiger charge is 2.47. The predicted octanol–water partition coefficient (Wildman–Crippen LogP) is 3.19. The molecule has 0 bridgehead atoms. The Morgan fingerprint density at radius 1 is 1.09 bits per heavy atom. The molecule has 0 aliphatic carbocycles. The molecule has 0 aromatic rings. The molecule has 1 nitrogen and oxygen atoms in total. The fourth-order valence-corrected chi connectivity index (χ4v) is 0.375. The smallest absolute Gasteiger partial charge is 0.237 e. The lowest BCUT2D eigenvalue weighted by Crippen LogP contribution is -2.34.